The second kappa shape index (κ2) is 6.97. The van der Waals surface area contributed by atoms with Crippen LogP contribution in [0, 0.1) is 6.92 Å². The zero-order chi connectivity index (χ0) is 15.4. The van der Waals surface area contributed by atoms with Crippen LogP contribution in [0.3, 0.4) is 0 Å². The Kier molecular flexibility index (Phi) is 5.27. The van der Waals surface area contributed by atoms with E-state index in [4.69, 9.17) is 17.3 Å². The normalized spacial score (nSPS) is 12.2. The van der Waals surface area contributed by atoms with Crippen LogP contribution in [0.1, 0.15) is 23.6 Å². The van der Waals surface area contributed by atoms with E-state index in [9.17, 15) is 0 Å². The van der Waals surface area contributed by atoms with Gasteiger partial charge in [0.05, 0.1) is 0 Å². The van der Waals surface area contributed by atoms with Crippen molar-refractivity contribution < 1.29 is 0 Å². The Labute approximate surface area is 132 Å². The average Bonchev–Trinajstić information content (AvgIpc) is 2.40. The molecule has 3 heteroatoms. The summed E-state index contributed by atoms with van der Waals surface area (Å²) >= 11 is 6.13. The quantitative estimate of drug-likeness (QED) is 0.898. The first-order valence-corrected chi connectivity index (χ1v) is 7.65. The van der Waals surface area contributed by atoms with Crippen molar-refractivity contribution in [2.45, 2.75) is 32.9 Å². The number of halogens is 1. The van der Waals surface area contributed by atoms with E-state index < -0.39 is 0 Å². The lowest BCUT2D eigenvalue weighted by molar-refractivity contribution is 0.734. The first-order chi connectivity index (χ1) is 9.97. The molecular weight excluding hydrogens is 280 g/mol. The predicted molar refractivity (Wildman–Crippen MR) is 92.1 cm³/mol. The summed E-state index contributed by atoms with van der Waals surface area (Å²) in [6, 6.07) is 14.6. The molecule has 2 nitrogen and oxygen atoms in total. The van der Waals surface area contributed by atoms with Crippen LogP contribution in [0.5, 0.6) is 0 Å². The SMILES string of the molecule is Cc1ccccc1CN(C)c1ccc(Cl)cc1CC(C)N. The Morgan fingerprint density at radius 3 is 2.52 bits per heavy atom. The van der Waals surface area contributed by atoms with Gasteiger partial charge < -0.3 is 10.6 Å². The summed E-state index contributed by atoms with van der Waals surface area (Å²) < 4.78 is 0. The molecule has 0 heterocycles. The van der Waals surface area contributed by atoms with E-state index in [1.54, 1.807) is 0 Å². The number of nitrogens with two attached hydrogens (primary N) is 1. The van der Waals surface area contributed by atoms with E-state index in [2.05, 4.69) is 49.2 Å². The molecule has 21 heavy (non-hydrogen) atoms. The molecule has 0 aliphatic carbocycles. The largest absolute Gasteiger partial charge is 0.370 e. The lowest BCUT2D eigenvalue weighted by Crippen LogP contribution is -2.22. The zero-order valence-electron chi connectivity index (χ0n) is 12.9. The molecule has 0 fully saturated rings. The third-order valence-electron chi connectivity index (χ3n) is 3.66. The van der Waals surface area contributed by atoms with Gasteiger partial charge in [-0.05, 0) is 55.2 Å². The fraction of sp³-hybridized carbons (Fsp3) is 0.333. The molecule has 0 saturated heterocycles. The molecule has 0 amide bonds. The molecule has 1 atom stereocenters. The summed E-state index contributed by atoms with van der Waals surface area (Å²) in [5, 5.41) is 0.763. The fourth-order valence-corrected chi connectivity index (χ4v) is 2.76. The van der Waals surface area contributed by atoms with Crippen LogP contribution in [0.15, 0.2) is 42.5 Å². The maximum absolute atomic E-state index is 6.13. The summed E-state index contributed by atoms with van der Waals surface area (Å²) in [6.07, 6.45) is 0.827. The maximum Gasteiger partial charge on any atom is 0.0428 e. The van der Waals surface area contributed by atoms with Crippen molar-refractivity contribution >= 4 is 17.3 Å². The van der Waals surface area contributed by atoms with Gasteiger partial charge in [0.25, 0.3) is 0 Å². The first-order valence-electron chi connectivity index (χ1n) is 7.27. The van der Waals surface area contributed by atoms with Crippen LogP contribution in [-0.4, -0.2) is 13.1 Å². The van der Waals surface area contributed by atoms with E-state index >= 15 is 0 Å². The highest BCUT2D eigenvalue weighted by Crippen LogP contribution is 2.26. The smallest absolute Gasteiger partial charge is 0.0428 e. The molecule has 0 aromatic heterocycles. The van der Waals surface area contributed by atoms with Gasteiger partial charge in [-0.1, -0.05) is 35.9 Å². The lowest BCUT2D eigenvalue weighted by atomic mass is 10.0. The minimum atomic E-state index is 0.120. The van der Waals surface area contributed by atoms with E-state index in [0.29, 0.717) is 0 Å². The molecule has 0 saturated carbocycles. The molecule has 1 unspecified atom stereocenters. The Bertz CT molecular complexity index is 608. The summed E-state index contributed by atoms with van der Waals surface area (Å²) in [4.78, 5) is 2.26. The Morgan fingerprint density at radius 2 is 1.86 bits per heavy atom. The van der Waals surface area contributed by atoms with Gasteiger partial charge in [0.1, 0.15) is 0 Å². The van der Waals surface area contributed by atoms with Gasteiger partial charge in [0, 0.05) is 30.3 Å². The summed E-state index contributed by atoms with van der Waals surface area (Å²) in [5.74, 6) is 0. The third-order valence-corrected chi connectivity index (χ3v) is 3.90. The first kappa shape index (κ1) is 15.9. The zero-order valence-corrected chi connectivity index (χ0v) is 13.7. The van der Waals surface area contributed by atoms with E-state index in [1.807, 2.05) is 19.1 Å². The molecule has 0 aliphatic heterocycles. The fourth-order valence-electron chi connectivity index (χ4n) is 2.57. The van der Waals surface area contributed by atoms with Gasteiger partial charge in [-0.25, -0.2) is 0 Å². The van der Waals surface area contributed by atoms with E-state index in [-0.39, 0.29) is 6.04 Å². The predicted octanol–water partition coefficient (Wildman–Crippen LogP) is 4.17. The van der Waals surface area contributed by atoms with Crippen molar-refractivity contribution in [3.8, 4) is 0 Å². The Morgan fingerprint density at radius 1 is 1.14 bits per heavy atom. The Hall–Kier alpha value is -1.51. The molecule has 2 rings (SSSR count). The maximum atomic E-state index is 6.13. The molecule has 0 spiro atoms. The highest BCUT2D eigenvalue weighted by atomic mass is 35.5. The third kappa shape index (κ3) is 4.23. The van der Waals surface area contributed by atoms with Crippen molar-refractivity contribution in [1.82, 2.24) is 0 Å². The molecule has 112 valence electrons. The minimum Gasteiger partial charge on any atom is -0.370 e. The molecule has 2 aromatic carbocycles. The number of benzene rings is 2. The highest BCUT2D eigenvalue weighted by molar-refractivity contribution is 6.30. The number of rotatable bonds is 5. The molecule has 0 bridgehead atoms. The highest BCUT2D eigenvalue weighted by Gasteiger charge is 2.11. The minimum absolute atomic E-state index is 0.120. The van der Waals surface area contributed by atoms with Crippen LogP contribution in [-0.2, 0) is 13.0 Å². The van der Waals surface area contributed by atoms with Crippen molar-refractivity contribution in [2.24, 2.45) is 5.73 Å². The van der Waals surface area contributed by atoms with Gasteiger partial charge in [-0.3, -0.25) is 0 Å². The molecule has 0 aliphatic rings. The van der Waals surface area contributed by atoms with Gasteiger partial charge in [0.15, 0.2) is 0 Å². The second-order valence-electron chi connectivity index (χ2n) is 5.74. The van der Waals surface area contributed by atoms with Crippen LogP contribution >= 0.6 is 11.6 Å². The molecule has 2 aromatic rings. The average molecular weight is 303 g/mol. The van der Waals surface area contributed by atoms with Crippen molar-refractivity contribution in [2.75, 3.05) is 11.9 Å². The number of nitrogens with zero attached hydrogens (tertiary/aromatic N) is 1. The topological polar surface area (TPSA) is 29.3 Å². The number of aryl methyl sites for hydroxylation is 1. The van der Waals surface area contributed by atoms with Crippen LogP contribution in [0.2, 0.25) is 5.02 Å². The number of hydrogen-bond donors (Lipinski definition) is 1. The molecule has 0 radical (unpaired) electrons. The van der Waals surface area contributed by atoms with Gasteiger partial charge in [0.2, 0.25) is 0 Å². The number of hydrogen-bond acceptors (Lipinski definition) is 2. The van der Waals surface area contributed by atoms with Gasteiger partial charge >= 0.3 is 0 Å². The standard InChI is InChI=1S/C18H23ClN2/c1-13-6-4-5-7-15(13)12-21(3)18-9-8-17(19)11-16(18)10-14(2)20/h4-9,11,14H,10,12,20H2,1-3H3. The second-order valence-corrected chi connectivity index (χ2v) is 6.17. The van der Waals surface area contributed by atoms with Crippen molar-refractivity contribution in [3.05, 3.63) is 64.2 Å². The summed E-state index contributed by atoms with van der Waals surface area (Å²) in [6.45, 7) is 5.04. The van der Waals surface area contributed by atoms with Gasteiger partial charge in [-0.2, -0.15) is 0 Å². The molecular formula is C18H23ClN2. The van der Waals surface area contributed by atoms with Crippen molar-refractivity contribution in [1.29, 1.82) is 0 Å². The summed E-state index contributed by atoms with van der Waals surface area (Å²) in [7, 11) is 2.11. The monoisotopic (exact) mass is 302 g/mol. The number of anilines is 1. The Balaban J connectivity index is 2.26. The van der Waals surface area contributed by atoms with Gasteiger partial charge in [-0.15, -0.1) is 0 Å². The lowest BCUT2D eigenvalue weighted by Gasteiger charge is -2.24. The van der Waals surface area contributed by atoms with Crippen LogP contribution in [0.4, 0.5) is 5.69 Å². The summed E-state index contributed by atoms with van der Waals surface area (Å²) in [5.41, 5.74) is 11.0. The van der Waals surface area contributed by atoms with Crippen LogP contribution in [0.25, 0.3) is 0 Å². The van der Waals surface area contributed by atoms with E-state index in [0.717, 1.165) is 18.0 Å². The molecule has 2 N–H and O–H groups in total. The van der Waals surface area contributed by atoms with Crippen molar-refractivity contribution in [3.63, 3.8) is 0 Å². The van der Waals surface area contributed by atoms with E-state index in [1.165, 1.54) is 22.4 Å². The van der Waals surface area contributed by atoms with Crippen LogP contribution < -0.4 is 10.6 Å².